The number of fused-ring (bicyclic) bond motifs is 14. The minimum absolute atomic E-state index is 0.268. The summed E-state index contributed by atoms with van der Waals surface area (Å²) in [5.74, 6) is 0. The second-order valence-electron chi connectivity index (χ2n) is 20.4. The van der Waals surface area contributed by atoms with Gasteiger partial charge in [-0.2, -0.15) is 0 Å². The highest BCUT2D eigenvalue weighted by atomic mass is 14.9. The highest BCUT2D eigenvalue weighted by Gasteiger charge is 2.38. The summed E-state index contributed by atoms with van der Waals surface area (Å²) in [5, 5.41) is 0. The van der Waals surface area contributed by atoms with Crippen LogP contribution < -0.4 is 0 Å². The summed E-state index contributed by atoms with van der Waals surface area (Å²) >= 11 is 0. The van der Waals surface area contributed by atoms with Crippen molar-refractivity contribution in [3.8, 4) is 0 Å². The van der Waals surface area contributed by atoms with Gasteiger partial charge in [0, 0.05) is 118 Å². The van der Waals surface area contributed by atoms with Gasteiger partial charge in [0.05, 0.1) is 0 Å². The SMILES string of the molecule is CC1(C)c2ccc([nH]2)C(C)(C)c2ccc([nH]2)C(C)(C)c2ccc([nH]2)C(C)(C)c2ccc([nH]2)C(C)(C)c2ccc([nH]2)C(C)(C)c2ccc([nH]2)C(C)(C)c2ccc1[nH]2. The van der Waals surface area contributed by atoms with Gasteiger partial charge in [0.25, 0.3) is 0 Å². The molecule has 0 unspecified atom stereocenters. The van der Waals surface area contributed by atoms with E-state index in [9.17, 15) is 0 Å². The molecule has 1 aliphatic heterocycles. The lowest BCUT2D eigenvalue weighted by molar-refractivity contribution is 0.545. The molecule has 0 radical (unpaired) electrons. The van der Waals surface area contributed by atoms with Gasteiger partial charge in [0.1, 0.15) is 0 Å². The molecule has 7 N–H and O–H groups in total. The molecule has 0 spiro atoms. The fraction of sp³-hybridized carbons (Fsp3) is 0.429. The van der Waals surface area contributed by atoms with E-state index in [-0.39, 0.29) is 37.9 Å². The third-order valence-electron chi connectivity index (χ3n) is 14.2. The van der Waals surface area contributed by atoms with Crippen LogP contribution in [0.2, 0.25) is 0 Å². The number of aromatic nitrogens is 7. The van der Waals surface area contributed by atoms with Crippen molar-refractivity contribution in [2.75, 3.05) is 0 Å². The highest BCUT2D eigenvalue weighted by molar-refractivity contribution is 5.45. The maximum absolute atomic E-state index is 3.87. The number of rotatable bonds is 0. The number of nitrogens with one attached hydrogen (secondary N) is 7. The Morgan fingerprint density at radius 2 is 0.250 bits per heavy atom. The van der Waals surface area contributed by atoms with Crippen LogP contribution in [0.25, 0.3) is 0 Å². The van der Waals surface area contributed by atoms with Crippen LogP contribution in [0.4, 0.5) is 0 Å². The first-order chi connectivity index (χ1) is 26.0. The van der Waals surface area contributed by atoms with Crippen molar-refractivity contribution in [1.29, 1.82) is 0 Å². The molecule has 0 atom stereocenters. The molecule has 7 heteroatoms. The summed E-state index contributed by atoms with van der Waals surface area (Å²) in [4.78, 5) is 27.1. The van der Waals surface area contributed by atoms with Gasteiger partial charge in [-0.05, 0) is 182 Å². The molecule has 8 rings (SSSR count). The maximum Gasteiger partial charge on any atom is 0.0447 e. The molecule has 0 aliphatic carbocycles. The standard InChI is InChI=1S/C49H63N7/c1-43(2)29-15-17-31(50-29)44(3,4)33-19-21-35(52-33)46(7,8)37-23-25-39(54-37)48(11,12)41-27-28-42(56-41)49(13,14)40-26-24-38(55-40)47(9,10)36-22-20-34(53-36)45(5,6)32-18-16-30(43)51-32/h15-28,50-56H,1-14H3. The molecule has 0 amide bonds. The van der Waals surface area contributed by atoms with Crippen molar-refractivity contribution < 1.29 is 0 Å². The van der Waals surface area contributed by atoms with Crippen molar-refractivity contribution in [3.63, 3.8) is 0 Å². The molecule has 1 aliphatic rings. The Kier molecular flexibility index (Phi) is 8.10. The molecule has 0 aromatic carbocycles. The molecule has 0 saturated carbocycles. The molecule has 7 aromatic heterocycles. The lowest BCUT2D eigenvalue weighted by atomic mass is 9.85. The van der Waals surface area contributed by atoms with Gasteiger partial charge >= 0.3 is 0 Å². The highest BCUT2D eigenvalue weighted by Crippen LogP contribution is 2.42. The quantitative estimate of drug-likeness (QED) is 0.0801. The fourth-order valence-electron chi connectivity index (χ4n) is 8.89. The number of hydrogen-bond acceptors (Lipinski definition) is 0. The second-order valence-corrected chi connectivity index (χ2v) is 20.4. The summed E-state index contributed by atoms with van der Waals surface area (Å²) < 4.78 is 0. The van der Waals surface area contributed by atoms with Crippen molar-refractivity contribution in [2.24, 2.45) is 0 Å². The fourth-order valence-corrected chi connectivity index (χ4v) is 8.89. The Labute approximate surface area is 333 Å². The average molecular weight is 750 g/mol. The molecule has 8 heterocycles. The Morgan fingerprint density at radius 3 is 0.321 bits per heavy atom. The van der Waals surface area contributed by atoms with Gasteiger partial charge in [-0.25, -0.2) is 0 Å². The average Bonchev–Trinajstić information content (AvgIpc) is 4.00. The van der Waals surface area contributed by atoms with Crippen molar-refractivity contribution in [1.82, 2.24) is 34.9 Å². The Hall–Kier alpha value is -5.04. The Morgan fingerprint density at radius 1 is 0.179 bits per heavy atom. The van der Waals surface area contributed by atoms with Crippen LogP contribution in [-0.2, 0) is 37.9 Å². The molecule has 7 nitrogen and oxygen atoms in total. The minimum atomic E-state index is -0.268. The number of aromatic amines is 7. The van der Waals surface area contributed by atoms with Crippen LogP contribution in [0.1, 0.15) is 177 Å². The topological polar surface area (TPSA) is 111 Å². The predicted octanol–water partition coefficient (Wildman–Crippen LogP) is 11.6. The van der Waals surface area contributed by atoms with E-state index in [1.165, 1.54) is 79.7 Å². The van der Waals surface area contributed by atoms with Gasteiger partial charge in [-0.15, -0.1) is 0 Å². The van der Waals surface area contributed by atoms with Crippen LogP contribution in [-0.4, -0.2) is 34.9 Å². The molecular formula is C49H63N7. The Bertz CT molecular complexity index is 1890. The van der Waals surface area contributed by atoms with Crippen LogP contribution in [0, 0.1) is 0 Å². The summed E-state index contributed by atoms with van der Waals surface area (Å²) in [5.41, 5.74) is 14.7. The maximum atomic E-state index is 3.87. The first-order valence-electron chi connectivity index (χ1n) is 20.4. The van der Waals surface area contributed by atoms with Crippen molar-refractivity contribution in [2.45, 2.75) is 135 Å². The van der Waals surface area contributed by atoms with Crippen LogP contribution in [0.5, 0.6) is 0 Å². The lowest BCUT2D eigenvalue weighted by Crippen LogP contribution is -2.26. The zero-order valence-corrected chi connectivity index (χ0v) is 36.1. The smallest absolute Gasteiger partial charge is 0.0447 e. The normalized spacial score (nSPS) is 20.2. The third-order valence-corrected chi connectivity index (χ3v) is 14.2. The molecule has 56 heavy (non-hydrogen) atoms. The molecule has 0 fully saturated rings. The van der Waals surface area contributed by atoms with E-state index < -0.39 is 0 Å². The van der Waals surface area contributed by atoms with E-state index >= 15 is 0 Å². The number of hydrogen-bond donors (Lipinski definition) is 7. The van der Waals surface area contributed by atoms with E-state index in [4.69, 9.17) is 0 Å². The van der Waals surface area contributed by atoms with E-state index in [1.54, 1.807) is 0 Å². The summed E-state index contributed by atoms with van der Waals surface area (Å²) in [6.07, 6.45) is 0. The molecular weight excluding hydrogens is 687 g/mol. The van der Waals surface area contributed by atoms with Gasteiger partial charge < -0.3 is 34.9 Å². The largest absolute Gasteiger partial charge is 0.361 e. The second kappa shape index (κ2) is 12.0. The minimum Gasteiger partial charge on any atom is -0.361 e. The first kappa shape index (κ1) is 37.9. The van der Waals surface area contributed by atoms with Crippen LogP contribution in [0.15, 0.2) is 84.9 Å². The summed E-state index contributed by atoms with van der Waals surface area (Å²) in [6.45, 7) is 32.2. The van der Waals surface area contributed by atoms with Gasteiger partial charge in [0.15, 0.2) is 0 Å². The van der Waals surface area contributed by atoms with E-state index in [0.29, 0.717) is 0 Å². The zero-order chi connectivity index (χ0) is 40.4. The summed E-state index contributed by atoms with van der Waals surface area (Å²) in [6, 6.07) is 31.6. The first-order valence-corrected chi connectivity index (χ1v) is 20.4. The van der Waals surface area contributed by atoms with E-state index in [1.807, 2.05) is 0 Å². The molecule has 7 aromatic rings. The van der Waals surface area contributed by atoms with E-state index in [2.05, 4.69) is 217 Å². The third kappa shape index (κ3) is 5.59. The van der Waals surface area contributed by atoms with Crippen molar-refractivity contribution >= 4 is 0 Å². The predicted molar refractivity (Wildman–Crippen MR) is 230 cm³/mol. The van der Waals surface area contributed by atoms with Crippen LogP contribution >= 0.6 is 0 Å². The van der Waals surface area contributed by atoms with Crippen LogP contribution in [0.3, 0.4) is 0 Å². The van der Waals surface area contributed by atoms with Gasteiger partial charge in [0.2, 0.25) is 0 Å². The monoisotopic (exact) mass is 750 g/mol. The summed E-state index contributed by atoms with van der Waals surface area (Å²) in [7, 11) is 0. The molecule has 14 bridgehead atoms. The molecule has 0 saturated heterocycles. The van der Waals surface area contributed by atoms with E-state index in [0.717, 1.165) is 0 Å². The lowest BCUT2D eigenvalue weighted by Gasteiger charge is -2.28. The Balaban J connectivity index is 1.24. The van der Waals surface area contributed by atoms with Gasteiger partial charge in [-0.3, -0.25) is 0 Å². The zero-order valence-electron chi connectivity index (χ0n) is 36.1. The molecule has 294 valence electrons. The van der Waals surface area contributed by atoms with Crippen molar-refractivity contribution in [3.05, 3.63) is 165 Å². The van der Waals surface area contributed by atoms with Gasteiger partial charge in [-0.1, -0.05) is 0 Å². The number of H-pyrrole nitrogens is 7.